The Hall–Kier alpha value is -0.200. The fourth-order valence-electron chi connectivity index (χ4n) is 3.81. The van der Waals surface area contributed by atoms with E-state index in [1.807, 2.05) is 14.1 Å². The first-order valence-corrected chi connectivity index (χ1v) is 11.9. The third kappa shape index (κ3) is 19.1. The third-order valence-electron chi connectivity index (χ3n) is 5.43. The lowest BCUT2D eigenvalue weighted by Gasteiger charge is -2.28. The number of unbranched alkanes of at least 4 members (excludes halogenated alkanes) is 5. The lowest BCUT2D eigenvalue weighted by Crippen LogP contribution is -2.35. The third-order valence-corrected chi connectivity index (χ3v) is 5.43. The molecular formula is C23H56N4O. The fraction of sp³-hybridized carbons (Fsp3) is 1.00. The maximum Gasteiger partial charge on any atom is 0.0465 e. The zero-order valence-electron chi connectivity index (χ0n) is 19.9. The molecule has 2 N–H and O–H groups in total. The van der Waals surface area contributed by atoms with Gasteiger partial charge >= 0.3 is 0 Å². The summed E-state index contributed by atoms with van der Waals surface area (Å²) >= 11 is 0. The summed E-state index contributed by atoms with van der Waals surface area (Å²) in [5, 5.41) is 6.50. The number of hydrogen-bond acceptors (Lipinski definition) is 5. The standard InChI is InChI=1S/C23H52N4O.2H2/c1-6-28-20-14-8-7-9-15-23(21-26(4)18-12-10-16-24-2)22-27(5)19-13-11-17-25-3;;/h23-25H,6-22H2,1-5H3;2*1H. The number of hydrogen-bond donors (Lipinski definition) is 2. The van der Waals surface area contributed by atoms with E-state index in [2.05, 4.69) is 41.5 Å². The molecule has 0 bridgehead atoms. The van der Waals surface area contributed by atoms with Crippen molar-refractivity contribution in [1.82, 2.24) is 20.4 Å². The highest BCUT2D eigenvalue weighted by atomic mass is 16.5. The maximum absolute atomic E-state index is 5.45. The van der Waals surface area contributed by atoms with Crippen LogP contribution in [0.4, 0.5) is 0 Å². The highest BCUT2D eigenvalue weighted by Gasteiger charge is 2.14. The highest BCUT2D eigenvalue weighted by molar-refractivity contribution is 4.69. The molecular weight excluding hydrogens is 348 g/mol. The topological polar surface area (TPSA) is 39.8 Å². The average Bonchev–Trinajstić information content (AvgIpc) is 2.68. The molecule has 0 fully saturated rings. The predicted octanol–water partition coefficient (Wildman–Crippen LogP) is 3.94. The lowest BCUT2D eigenvalue weighted by atomic mass is 9.99. The molecule has 0 aromatic heterocycles. The van der Waals surface area contributed by atoms with Crippen molar-refractivity contribution >= 4 is 0 Å². The summed E-state index contributed by atoms with van der Waals surface area (Å²) in [5.41, 5.74) is 0. The molecule has 0 aromatic carbocycles. The Morgan fingerprint density at radius 3 is 1.79 bits per heavy atom. The summed E-state index contributed by atoms with van der Waals surface area (Å²) in [6.07, 6.45) is 11.7. The fourth-order valence-corrected chi connectivity index (χ4v) is 3.81. The van der Waals surface area contributed by atoms with Crippen LogP contribution in [-0.2, 0) is 4.74 Å². The van der Waals surface area contributed by atoms with Crippen LogP contribution in [0.5, 0.6) is 0 Å². The first-order chi connectivity index (χ1) is 13.6. The van der Waals surface area contributed by atoms with E-state index in [-0.39, 0.29) is 2.85 Å². The molecule has 0 aliphatic carbocycles. The summed E-state index contributed by atoms with van der Waals surface area (Å²) in [4.78, 5) is 5.12. The van der Waals surface area contributed by atoms with Gasteiger partial charge in [0.05, 0.1) is 0 Å². The van der Waals surface area contributed by atoms with Gasteiger partial charge in [-0.15, -0.1) is 0 Å². The van der Waals surface area contributed by atoms with E-state index in [1.54, 1.807) is 0 Å². The van der Waals surface area contributed by atoms with E-state index < -0.39 is 0 Å². The zero-order chi connectivity index (χ0) is 20.9. The summed E-state index contributed by atoms with van der Waals surface area (Å²) in [6, 6.07) is 0. The van der Waals surface area contributed by atoms with Crippen molar-refractivity contribution in [1.29, 1.82) is 0 Å². The predicted molar refractivity (Wildman–Crippen MR) is 129 cm³/mol. The molecule has 174 valence electrons. The van der Waals surface area contributed by atoms with Crippen LogP contribution in [0.15, 0.2) is 0 Å². The minimum Gasteiger partial charge on any atom is -0.382 e. The van der Waals surface area contributed by atoms with E-state index in [9.17, 15) is 0 Å². The van der Waals surface area contributed by atoms with Crippen LogP contribution >= 0.6 is 0 Å². The molecule has 0 aromatic rings. The Bertz CT molecular complexity index is 295. The van der Waals surface area contributed by atoms with Gasteiger partial charge in [-0.25, -0.2) is 0 Å². The molecule has 28 heavy (non-hydrogen) atoms. The smallest absolute Gasteiger partial charge is 0.0465 e. The highest BCUT2D eigenvalue weighted by Crippen LogP contribution is 2.14. The Balaban J connectivity index is -0.00000364. The molecule has 0 amide bonds. The normalized spacial score (nSPS) is 12.0. The van der Waals surface area contributed by atoms with E-state index >= 15 is 0 Å². The second kappa shape index (κ2) is 21.5. The van der Waals surface area contributed by atoms with Crippen LogP contribution in [-0.4, -0.2) is 90.5 Å². The first kappa shape index (κ1) is 27.8. The van der Waals surface area contributed by atoms with Crippen molar-refractivity contribution in [3.63, 3.8) is 0 Å². The lowest BCUT2D eigenvalue weighted by molar-refractivity contribution is 0.142. The molecule has 5 nitrogen and oxygen atoms in total. The van der Waals surface area contributed by atoms with Gasteiger partial charge in [0, 0.05) is 29.2 Å². The molecule has 0 rings (SSSR count). The Morgan fingerprint density at radius 2 is 1.29 bits per heavy atom. The molecule has 0 heterocycles. The minimum absolute atomic E-state index is 0. The molecule has 0 aliphatic heterocycles. The van der Waals surface area contributed by atoms with Crippen molar-refractivity contribution in [3.8, 4) is 0 Å². The quantitative estimate of drug-likeness (QED) is 0.267. The summed E-state index contributed by atoms with van der Waals surface area (Å²) < 4.78 is 5.45. The number of rotatable bonds is 22. The van der Waals surface area contributed by atoms with E-state index in [4.69, 9.17) is 4.74 Å². The monoisotopic (exact) mass is 404 g/mol. The van der Waals surface area contributed by atoms with Crippen molar-refractivity contribution < 1.29 is 7.59 Å². The molecule has 0 unspecified atom stereocenters. The van der Waals surface area contributed by atoms with E-state index in [0.717, 1.165) is 32.2 Å². The molecule has 0 aliphatic rings. The van der Waals surface area contributed by atoms with Crippen LogP contribution in [0.3, 0.4) is 0 Å². The van der Waals surface area contributed by atoms with E-state index in [1.165, 1.54) is 84.0 Å². The maximum atomic E-state index is 5.45. The van der Waals surface area contributed by atoms with Crippen molar-refractivity contribution in [3.05, 3.63) is 0 Å². The minimum atomic E-state index is 0. The SMILES string of the molecule is CCOCCCCCCC(CN(C)CCCCNC)CN(C)CCCCNC.[HH].[HH]. The average molecular weight is 405 g/mol. The second-order valence-electron chi connectivity index (χ2n) is 8.41. The van der Waals surface area contributed by atoms with Gasteiger partial charge in [-0.1, -0.05) is 19.3 Å². The van der Waals surface area contributed by atoms with Gasteiger partial charge in [0.15, 0.2) is 0 Å². The van der Waals surface area contributed by atoms with E-state index in [0.29, 0.717) is 0 Å². The number of nitrogens with zero attached hydrogens (tertiary/aromatic N) is 2. The Kier molecular flexibility index (Phi) is 21.4. The van der Waals surface area contributed by atoms with Crippen molar-refractivity contribution in [2.45, 2.75) is 64.7 Å². The molecule has 5 heteroatoms. The van der Waals surface area contributed by atoms with Crippen LogP contribution in [0.2, 0.25) is 0 Å². The molecule has 0 saturated heterocycles. The first-order valence-electron chi connectivity index (χ1n) is 11.9. The summed E-state index contributed by atoms with van der Waals surface area (Å²) in [5.74, 6) is 0.787. The van der Waals surface area contributed by atoms with Gasteiger partial charge in [0.1, 0.15) is 0 Å². The molecule has 0 saturated carbocycles. The van der Waals surface area contributed by atoms with Crippen LogP contribution in [0.1, 0.15) is 67.6 Å². The molecule has 0 spiro atoms. The second-order valence-corrected chi connectivity index (χ2v) is 8.41. The Labute approximate surface area is 179 Å². The summed E-state index contributed by atoms with van der Waals surface area (Å²) in [7, 11) is 8.70. The van der Waals surface area contributed by atoms with Gasteiger partial charge in [-0.05, 0) is 106 Å². The van der Waals surface area contributed by atoms with Gasteiger partial charge < -0.3 is 25.2 Å². The summed E-state index contributed by atoms with van der Waals surface area (Å²) in [6.45, 7) is 11.0. The largest absolute Gasteiger partial charge is 0.382 e. The van der Waals surface area contributed by atoms with Crippen molar-refractivity contribution in [2.24, 2.45) is 5.92 Å². The Morgan fingerprint density at radius 1 is 0.750 bits per heavy atom. The molecule has 0 radical (unpaired) electrons. The number of nitrogens with one attached hydrogen (secondary N) is 2. The van der Waals surface area contributed by atoms with Gasteiger partial charge in [-0.3, -0.25) is 0 Å². The van der Waals surface area contributed by atoms with Crippen LogP contribution < -0.4 is 10.6 Å². The number of ether oxygens (including phenoxy) is 1. The van der Waals surface area contributed by atoms with Gasteiger partial charge in [-0.2, -0.15) is 0 Å². The van der Waals surface area contributed by atoms with Gasteiger partial charge in [0.2, 0.25) is 0 Å². The van der Waals surface area contributed by atoms with Crippen molar-refractivity contribution in [2.75, 3.05) is 80.7 Å². The molecule has 0 atom stereocenters. The van der Waals surface area contributed by atoms with Crippen LogP contribution in [0.25, 0.3) is 0 Å². The van der Waals surface area contributed by atoms with Crippen LogP contribution in [0, 0.1) is 5.92 Å². The van der Waals surface area contributed by atoms with Gasteiger partial charge in [0.25, 0.3) is 0 Å². The zero-order valence-corrected chi connectivity index (χ0v) is 19.9.